The van der Waals surface area contributed by atoms with Crippen LogP contribution in [0.2, 0.25) is 0 Å². The van der Waals surface area contributed by atoms with Crippen molar-refractivity contribution in [3.63, 3.8) is 0 Å². The molecule has 5 aromatic rings. The first-order valence-electron chi connectivity index (χ1n) is 10.1. The second-order valence-corrected chi connectivity index (χ2v) is 9.29. The maximum atomic E-state index is 13.0. The van der Waals surface area contributed by atoms with E-state index in [2.05, 4.69) is 20.5 Å². The van der Waals surface area contributed by atoms with Gasteiger partial charge >= 0.3 is 0 Å². The molecule has 9 nitrogen and oxygen atoms in total. The summed E-state index contributed by atoms with van der Waals surface area (Å²) >= 11 is 2.64. The van der Waals surface area contributed by atoms with E-state index in [-0.39, 0.29) is 11.3 Å². The Hall–Kier alpha value is -4.09. The van der Waals surface area contributed by atoms with Gasteiger partial charge in [-0.15, -0.1) is 21.5 Å². The molecule has 0 unspecified atom stereocenters. The van der Waals surface area contributed by atoms with Gasteiger partial charge in [0.2, 0.25) is 0 Å². The van der Waals surface area contributed by atoms with Gasteiger partial charge in [0.25, 0.3) is 11.6 Å². The van der Waals surface area contributed by atoms with Gasteiger partial charge in [-0.2, -0.15) is 0 Å². The average Bonchev–Trinajstić information content (AvgIpc) is 3.45. The number of rotatable bonds is 6. The Kier molecular flexibility index (Phi) is 5.78. The molecule has 0 aliphatic rings. The number of hydrogen-bond acceptors (Lipinski definition) is 8. The summed E-state index contributed by atoms with van der Waals surface area (Å²) in [6.07, 6.45) is 1.51. The molecule has 1 N–H and O–H groups in total. The van der Waals surface area contributed by atoms with Crippen molar-refractivity contribution in [1.29, 1.82) is 0 Å². The van der Waals surface area contributed by atoms with Crippen molar-refractivity contribution in [3.8, 4) is 10.6 Å². The highest BCUT2D eigenvalue weighted by molar-refractivity contribution is 7.99. The summed E-state index contributed by atoms with van der Waals surface area (Å²) in [6, 6.07) is 19.6. The van der Waals surface area contributed by atoms with Crippen LogP contribution in [0.4, 0.5) is 11.4 Å². The molecule has 0 saturated carbocycles. The van der Waals surface area contributed by atoms with Gasteiger partial charge in [0.1, 0.15) is 11.3 Å². The van der Waals surface area contributed by atoms with Crippen LogP contribution >= 0.6 is 23.1 Å². The van der Waals surface area contributed by atoms with Gasteiger partial charge in [-0.1, -0.05) is 24.3 Å². The van der Waals surface area contributed by atoms with E-state index in [9.17, 15) is 14.9 Å². The smallest absolute Gasteiger partial charge is 0.284 e. The van der Waals surface area contributed by atoms with Crippen LogP contribution in [0.3, 0.4) is 0 Å². The maximum Gasteiger partial charge on any atom is 0.284 e. The van der Waals surface area contributed by atoms with Crippen molar-refractivity contribution in [1.82, 2.24) is 19.7 Å². The fourth-order valence-corrected chi connectivity index (χ4v) is 5.17. The number of aryl methyl sites for hydroxylation is 1. The minimum absolute atomic E-state index is 0.174. The van der Waals surface area contributed by atoms with Crippen LogP contribution in [-0.2, 0) is 7.05 Å². The lowest BCUT2D eigenvalue weighted by molar-refractivity contribution is -0.387. The summed E-state index contributed by atoms with van der Waals surface area (Å²) in [4.78, 5) is 29.3. The third kappa shape index (κ3) is 4.26. The minimum Gasteiger partial charge on any atom is -0.321 e. The van der Waals surface area contributed by atoms with E-state index >= 15 is 0 Å². The predicted molar refractivity (Wildman–Crippen MR) is 131 cm³/mol. The van der Waals surface area contributed by atoms with Gasteiger partial charge < -0.3 is 9.88 Å². The first kappa shape index (κ1) is 21.7. The number of para-hydroxylation sites is 2. The fourth-order valence-electron chi connectivity index (χ4n) is 3.31. The molecule has 34 heavy (non-hydrogen) atoms. The molecule has 0 fully saturated rings. The number of hydrogen-bond donors (Lipinski definition) is 1. The highest BCUT2D eigenvalue weighted by Gasteiger charge is 2.21. The highest BCUT2D eigenvalue weighted by Crippen LogP contribution is 2.36. The summed E-state index contributed by atoms with van der Waals surface area (Å²) in [5.41, 5.74) is 2.23. The molecule has 2 heterocycles. The number of nitro groups is 1. The third-order valence-electron chi connectivity index (χ3n) is 4.99. The quantitative estimate of drug-likeness (QED) is 0.251. The van der Waals surface area contributed by atoms with E-state index < -0.39 is 10.8 Å². The molecule has 0 bridgehead atoms. The van der Waals surface area contributed by atoms with Crippen molar-refractivity contribution < 1.29 is 9.72 Å². The number of amides is 1. The molecule has 3 aromatic carbocycles. The highest BCUT2D eigenvalue weighted by atomic mass is 32.2. The zero-order valence-corrected chi connectivity index (χ0v) is 19.3. The predicted octanol–water partition coefficient (Wildman–Crippen LogP) is 5.40. The number of nitrogens with one attached hydrogen (secondary N) is 1. The first-order chi connectivity index (χ1) is 16.5. The molecule has 0 radical (unpaired) electrons. The van der Waals surface area contributed by atoms with Crippen LogP contribution in [0.25, 0.3) is 20.8 Å². The molecule has 2 aromatic heterocycles. The lowest BCUT2D eigenvalue weighted by Crippen LogP contribution is -2.13. The van der Waals surface area contributed by atoms with Crippen molar-refractivity contribution >= 4 is 50.6 Å². The normalized spacial score (nSPS) is 11.0. The van der Waals surface area contributed by atoms with E-state index in [0.29, 0.717) is 15.7 Å². The monoisotopic (exact) mass is 488 g/mol. The van der Waals surface area contributed by atoms with E-state index in [1.807, 2.05) is 42.5 Å². The Labute approximate surface area is 201 Å². The van der Waals surface area contributed by atoms with Gasteiger partial charge in [0, 0.05) is 24.2 Å². The zero-order chi connectivity index (χ0) is 23.7. The average molecular weight is 489 g/mol. The van der Waals surface area contributed by atoms with Crippen LogP contribution in [0.5, 0.6) is 0 Å². The van der Waals surface area contributed by atoms with E-state index in [1.165, 1.54) is 23.7 Å². The molecule has 11 heteroatoms. The van der Waals surface area contributed by atoms with Crippen molar-refractivity contribution in [3.05, 3.63) is 88.7 Å². The molecule has 0 atom stereocenters. The molecule has 1 amide bonds. The standard InChI is InChI=1S/C23H16N6O3S2/c1-28-13-24-27-23(28)34-20-11-10-14(12-18(20)29(31)32)21(30)25-16-7-3-2-6-15(16)22-26-17-8-4-5-9-19(17)33-22/h2-13H,1H3,(H,25,30). The molecule has 5 rings (SSSR count). The molecule has 168 valence electrons. The molecule has 0 saturated heterocycles. The van der Waals surface area contributed by atoms with Gasteiger partial charge in [-0.05, 0) is 48.2 Å². The van der Waals surface area contributed by atoms with E-state index in [1.54, 1.807) is 29.8 Å². The van der Waals surface area contributed by atoms with Crippen LogP contribution < -0.4 is 5.32 Å². The van der Waals surface area contributed by atoms with Crippen LogP contribution in [0, 0.1) is 10.1 Å². The number of nitro benzene ring substituents is 1. The SMILES string of the molecule is Cn1cnnc1Sc1ccc(C(=O)Nc2ccccc2-c2nc3ccccc3s2)cc1[N+](=O)[O-]. The Morgan fingerprint density at radius 2 is 1.91 bits per heavy atom. The summed E-state index contributed by atoms with van der Waals surface area (Å²) in [5, 5.41) is 23.6. The minimum atomic E-state index is -0.509. The van der Waals surface area contributed by atoms with Crippen LogP contribution in [0.15, 0.2) is 83.1 Å². The van der Waals surface area contributed by atoms with Crippen LogP contribution in [0.1, 0.15) is 10.4 Å². The second-order valence-electron chi connectivity index (χ2n) is 7.25. The Morgan fingerprint density at radius 3 is 2.68 bits per heavy atom. The van der Waals surface area contributed by atoms with Crippen LogP contribution in [-0.4, -0.2) is 30.6 Å². The number of nitrogens with zero attached hydrogens (tertiary/aromatic N) is 5. The molecular weight excluding hydrogens is 472 g/mol. The Balaban J connectivity index is 1.44. The number of thiazole rings is 1. The zero-order valence-electron chi connectivity index (χ0n) is 17.7. The maximum absolute atomic E-state index is 13.0. The number of carbonyl (C=O) groups is 1. The van der Waals surface area contributed by atoms with Gasteiger partial charge in [-0.25, -0.2) is 4.98 Å². The summed E-state index contributed by atoms with van der Waals surface area (Å²) in [6.45, 7) is 0. The lowest BCUT2D eigenvalue weighted by Gasteiger charge is -2.10. The Morgan fingerprint density at radius 1 is 1.12 bits per heavy atom. The molecule has 0 aliphatic carbocycles. The number of carbonyl (C=O) groups excluding carboxylic acids is 1. The summed E-state index contributed by atoms with van der Waals surface area (Å²) < 4.78 is 2.71. The number of fused-ring (bicyclic) bond motifs is 1. The fraction of sp³-hybridized carbons (Fsp3) is 0.0435. The van der Waals surface area contributed by atoms with E-state index in [4.69, 9.17) is 0 Å². The van der Waals surface area contributed by atoms with E-state index in [0.717, 1.165) is 32.5 Å². The van der Waals surface area contributed by atoms with Gasteiger partial charge in [0.05, 0.1) is 25.7 Å². The number of anilines is 1. The summed E-state index contributed by atoms with van der Waals surface area (Å²) in [5.74, 6) is -0.452. The van der Waals surface area contributed by atoms with Gasteiger partial charge in [-0.3, -0.25) is 14.9 Å². The third-order valence-corrected chi connectivity index (χ3v) is 7.18. The van der Waals surface area contributed by atoms with Gasteiger partial charge in [0.15, 0.2) is 5.16 Å². The van der Waals surface area contributed by atoms with Crippen molar-refractivity contribution in [2.24, 2.45) is 7.05 Å². The number of aromatic nitrogens is 4. The number of benzene rings is 3. The lowest BCUT2D eigenvalue weighted by atomic mass is 10.1. The first-order valence-corrected chi connectivity index (χ1v) is 11.7. The molecule has 0 aliphatic heterocycles. The largest absolute Gasteiger partial charge is 0.321 e. The second kappa shape index (κ2) is 9.04. The molecule has 0 spiro atoms. The van der Waals surface area contributed by atoms with Crippen molar-refractivity contribution in [2.45, 2.75) is 10.1 Å². The molecular formula is C23H16N6O3S2. The van der Waals surface area contributed by atoms with Crippen molar-refractivity contribution in [2.75, 3.05) is 5.32 Å². The topological polar surface area (TPSA) is 116 Å². The summed E-state index contributed by atoms with van der Waals surface area (Å²) in [7, 11) is 1.75. The Bertz CT molecular complexity index is 1510.